The lowest BCUT2D eigenvalue weighted by Crippen LogP contribution is -2.17. The summed E-state index contributed by atoms with van der Waals surface area (Å²) in [4.78, 5) is 10.7. The summed E-state index contributed by atoms with van der Waals surface area (Å²) < 4.78 is 44.2. The summed E-state index contributed by atoms with van der Waals surface area (Å²) in [5.74, 6) is -0.814. The lowest BCUT2D eigenvalue weighted by atomic mass is 10.2. The van der Waals surface area contributed by atoms with Crippen LogP contribution in [-0.4, -0.2) is 19.4 Å². The van der Waals surface area contributed by atoms with Gasteiger partial charge in [-0.3, -0.25) is 0 Å². The van der Waals surface area contributed by atoms with Crippen LogP contribution in [0.5, 0.6) is 5.75 Å². The van der Waals surface area contributed by atoms with Gasteiger partial charge in [-0.15, -0.1) is 13.2 Å². The molecular formula is C13H11F3O3. The molecule has 0 atom stereocenters. The first-order chi connectivity index (χ1) is 8.90. The summed E-state index contributed by atoms with van der Waals surface area (Å²) in [5.41, 5.74) is 0.510. The largest absolute Gasteiger partial charge is 0.573 e. The zero-order valence-corrected chi connectivity index (χ0v) is 9.98. The second-order valence-electron chi connectivity index (χ2n) is 3.36. The fourth-order valence-corrected chi connectivity index (χ4v) is 1.18. The van der Waals surface area contributed by atoms with Crippen molar-refractivity contribution in [1.82, 2.24) is 0 Å². The number of esters is 1. The number of benzene rings is 1. The average Bonchev–Trinajstić information content (AvgIpc) is 2.32. The molecule has 0 radical (unpaired) electrons. The molecule has 0 aliphatic carbocycles. The van der Waals surface area contributed by atoms with E-state index < -0.39 is 12.3 Å². The highest BCUT2D eigenvalue weighted by Crippen LogP contribution is 2.23. The monoisotopic (exact) mass is 272 g/mol. The zero-order chi connectivity index (χ0) is 14.3. The molecule has 3 nitrogen and oxygen atoms in total. The number of rotatable bonds is 4. The maximum Gasteiger partial charge on any atom is 0.573 e. The van der Waals surface area contributed by atoms with E-state index in [0.29, 0.717) is 5.56 Å². The SMILES string of the molecule is COC(=O)/C=C/C=C/c1cccc(OC(F)(F)F)c1. The van der Waals surface area contributed by atoms with Crippen molar-refractivity contribution in [1.29, 1.82) is 0 Å². The first-order valence-corrected chi connectivity index (χ1v) is 5.19. The molecule has 0 amide bonds. The van der Waals surface area contributed by atoms with Crippen molar-refractivity contribution in [2.24, 2.45) is 0 Å². The Bertz CT molecular complexity index is 490. The van der Waals surface area contributed by atoms with Gasteiger partial charge in [0.1, 0.15) is 5.75 Å². The lowest BCUT2D eigenvalue weighted by molar-refractivity contribution is -0.274. The Morgan fingerprint density at radius 1 is 1.26 bits per heavy atom. The van der Waals surface area contributed by atoms with E-state index in [-0.39, 0.29) is 5.75 Å². The number of ether oxygens (including phenoxy) is 2. The second-order valence-corrected chi connectivity index (χ2v) is 3.36. The highest BCUT2D eigenvalue weighted by Gasteiger charge is 2.30. The van der Waals surface area contributed by atoms with Crippen LogP contribution in [0.3, 0.4) is 0 Å². The Labute approximate surface area is 107 Å². The molecule has 0 aliphatic rings. The number of hydrogen-bond donors (Lipinski definition) is 0. The van der Waals surface area contributed by atoms with Crippen LogP contribution < -0.4 is 4.74 Å². The number of hydrogen-bond acceptors (Lipinski definition) is 3. The van der Waals surface area contributed by atoms with E-state index in [4.69, 9.17) is 0 Å². The van der Waals surface area contributed by atoms with E-state index in [9.17, 15) is 18.0 Å². The van der Waals surface area contributed by atoms with E-state index >= 15 is 0 Å². The number of allylic oxidation sites excluding steroid dienone is 2. The van der Waals surface area contributed by atoms with Crippen LogP contribution in [0.4, 0.5) is 13.2 Å². The van der Waals surface area contributed by atoms with Crippen LogP contribution in [0, 0.1) is 0 Å². The Kier molecular flexibility index (Phi) is 5.17. The average molecular weight is 272 g/mol. The Hall–Kier alpha value is -2.24. The maximum absolute atomic E-state index is 12.0. The highest BCUT2D eigenvalue weighted by molar-refractivity contribution is 5.82. The molecule has 0 saturated heterocycles. The first kappa shape index (κ1) is 14.8. The van der Waals surface area contributed by atoms with E-state index in [1.807, 2.05) is 0 Å². The fraction of sp³-hybridized carbons (Fsp3) is 0.154. The predicted molar refractivity (Wildman–Crippen MR) is 63.3 cm³/mol. The number of carbonyl (C=O) groups is 1. The molecule has 0 heterocycles. The minimum atomic E-state index is -4.72. The smallest absolute Gasteiger partial charge is 0.466 e. The summed E-state index contributed by atoms with van der Waals surface area (Å²) in [7, 11) is 1.24. The fourth-order valence-electron chi connectivity index (χ4n) is 1.18. The minimum Gasteiger partial charge on any atom is -0.466 e. The molecule has 0 fully saturated rings. The molecular weight excluding hydrogens is 261 g/mol. The minimum absolute atomic E-state index is 0.299. The molecule has 0 unspecified atom stereocenters. The van der Waals surface area contributed by atoms with Gasteiger partial charge in [-0.25, -0.2) is 4.79 Å². The van der Waals surface area contributed by atoms with Gasteiger partial charge in [0.15, 0.2) is 0 Å². The van der Waals surface area contributed by atoms with Gasteiger partial charge in [-0.2, -0.15) is 0 Å². The lowest BCUT2D eigenvalue weighted by Gasteiger charge is -2.08. The number of methoxy groups -OCH3 is 1. The Morgan fingerprint density at radius 2 is 2.00 bits per heavy atom. The van der Waals surface area contributed by atoms with E-state index in [1.165, 1.54) is 49.6 Å². The maximum atomic E-state index is 12.0. The normalized spacial score (nSPS) is 12.0. The number of halogens is 3. The standard InChI is InChI=1S/C13H11F3O3/c1-18-12(17)8-3-2-5-10-6-4-7-11(9-10)19-13(14,15)16/h2-9H,1H3/b5-2+,8-3+. The first-order valence-electron chi connectivity index (χ1n) is 5.19. The zero-order valence-electron chi connectivity index (χ0n) is 9.98. The van der Waals surface area contributed by atoms with Crippen LogP contribution >= 0.6 is 0 Å². The van der Waals surface area contributed by atoms with Crippen molar-refractivity contribution < 1.29 is 27.4 Å². The molecule has 0 spiro atoms. The molecule has 0 bridgehead atoms. The molecule has 6 heteroatoms. The summed E-state index contributed by atoms with van der Waals surface area (Å²) in [6.07, 6.45) is 0.926. The third kappa shape index (κ3) is 6.30. The molecule has 1 aromatic rings. The number of carbonyl (C=O) groups excluding carboxylic acids is 1. The van der Waals surface area contributed by atoms with Gasteiger partial charge in [-0.1, -0.05) is 30.4 Å². The summed E-state index contributed by atoms with van der Waals surface area (Å²) in [6, 6.07) is 5.47. The van der Waals surface area contributed by atoms with Gasteiger partial charge in [0.25, 0.3) is 0 Å². The molecule has 102 valence electrons. The molecule has 0 aromatic heterocycles. The van der Waals surface area contributed by atoms with Crippen molar-refractivity contribution in [3.8, 4) is 5.75 Å². The topological polar surface area (TPSA) is 35.5 Å². The third-order valence-electron chi connectivity index (χ3n) is 1.92. The van der Waals surface area contributed by atoms with E-state index in [0.717, 1.165) is 0 Å². The molecule has 0 N–H and O–H groups in total. The highest BCUT2D eigenvalue weighted by atomic mass is 19.4. The van der Waals surface area contributed by atoms with Crippen molar-refractivity contribution in [2.75, 3.05) is 7.11 Å². The van der Waals surface area contributed by atoms with E-state index in [1.54, 1.807) is 6.07 Å². The summed E-state index contributed by atoms with van der Waals surface area (Å²) >= 11 is 0. The van der Waals surface area contributed by atoms with Gasteiger partial charge in [0.05, 0.1) is 7.11 Å². The summed E-state index contributed by atoms with van der Waals surface area (Å²) in [6.45, 7) is 0. The van der Waals surface area contributed by atoms with Crippen LogP contribution in [0.25, 0.3) is 6.08 Å². The van der Waals surface area contributed by atoms with Gasteiger partial charge >= 0.3 is 12.3 Å². The van der Waals surface area contributed by atoms with E-state index in [2.05, 4.69) is 9.47 Å². The second kappa shape index (κ2) is 6.63. The molecule has 0 saturated carbocycles. The molecule has 1 aromatic carbocycles. The van der Waals surface area contributed by atoms with Crippen LogP contribution in [0.15, 0.2) is 42.5 Å². The van der Waals surface area contributed by atoms with Gasteiger partial charge < -0.3 is 9.47 Å². The van der Waals surface area contributed by atoms with Crippen molar-refractivity contribution in [3.63, 3.8) is 0 Å². The van der Waals surface area contributed by atoms with Gasteiger partial charge in [0.2, 0.25) is 0 Å². The van der Waals surface area contributed by atoms with Crippen LogP contribution in [0.1, 0.15) is 5.56 Å². The quantitative estimate of drug-likeness (QED) is 0.479. The predicted octanol–water partition coefficient (Wildman–Crippen LogP) is 3.33. The van der Waals surface area contributed by atoms with Crippen LogP contribution in [0.2, 0.25) is 0 Å². The van der Waals surface area contributed by atoms with Crippen molar-refractivity contribution >= 4 is 12.0 Å². The molecule has 19 heavy (non-hydrogen) atoms. The third-order valence-corrected chi connectivity index (χ3v) is 1.92. The van der Waals surface area contributed by atoms with Gasteiger partial charge in [-0.05, 0) is 17.7 Å². The van der Waals surface area contributed by atoms with Crippen LogP contribution in [-0.2, 0) is 9.53 Å². The summed E-state index contributed by atoms with van der Waals surface area (Å²) in [5, 5.41) is 0. The van der Waals surface area contributed by atoms with Crippen molar-refractivity contribution in [2.45, 2.75) is 6.36 Å². The molecule has 1 rings (SSSR count). The van der Waals surface area contributed by atoms with Crippen molar-refractivity contribution in [3.05, 3.63) is 48.1 Å². The molecule has 0 aliphatic heterocycles. The number of alkyl halides is 3. The Balaban J connectivity index is 2.69. The Morgan fingerprint density at radius 3 is 2.63 bits per heavy atom. The van der Waals surface area contributed by atoms with Gasteiger partial charge in [0, 0.05) is 6.08 Å².